The highest BCUT2D eigenvalue weighted by molar-refractivity contribution is 6.29. The van der Waals surface area contributed by atoms with Crippen LogP contribution < -0.4 is 0 Å². The summed E-state index contributed by atoms with van der Waals surface area (Å²) in [6.07, 6.45) is 14.8. The molecule has 5 nitrogen and oxygen atoms in total. The Hall–Kier alpha value is -4.64. The van der Waals surface area contributed by atoms with Crippen LogP contribution in [0.5, 0.6) is 0 Å². The quantitative estimate of drug-likeness (QED) is 0.305. The van der Waals surface area contributed by atoms with Crippen molar-refractivity contribution < 1.29 is 4.42 Å². The smallest absolute Gasteiger partial charge is 0.136 e. The average molecular weight is 424 g/mol. The summed E-state index contributed by atoms with van der Waals surface area (Å²) in [6.45, 7) is 0. The fourth-order valence-corrected chi connectivity index (χ4v) is 4.80. The highest BCUT2D eigenvalue weighted by Crippen LogP contribution is 2.44. The molecular formula is C28H16N4O. The molecule has 0 saturated heterocycles. The van der Waals surface area contributed by atoms with Gasteiger partial charge in [-0.05, 0) is 58.3 Å². The van der Waals surface area contributed by atoms with Crippen molar-refractivity contribution in [3.8, 4) is 22.3 Å². The minimum atomic E-state index is 0.837. The monoisotopic (exact) mass is 424 g/mol. The van der Waals surface area contributed by atoms with Crippen LogP contribution in [0.15, 0.2) is 103 Å². The molecule has 7 rings (SSSR count). The van der Waals surface area contributed by atoms with E-state index in [9.17, 15) is 0 Å². The van der Waals surface area contributed by atoms with Gasteiger partial charge in [0.1, 0.15) is 11.2 Å². The van der Waals surface area contributed by atoms with Crippen LogP contribution in [-0.4, -0.2) is 19.9 Å². The zero-order valence-electron chi connectivity index (χ0n) is 17.4. The van der Waals surface area contributed by atoms with Crippen LogP contribution in [0.2, 0.25) is 0 Å². The molecule has 0 aliphatic heterocycles. The fourth-order valence-electron chi connectivity index (χ4n) is 4.80. The molecule has 0 fully saturated rings. The zero-order chi connectivity index (χ0) is 21.8. The molecule has 7 aromatic rings. The number of hydrogen-bond donors (Lipinski definition) is 0. The van der Waals surface area contributed by atoms with Gasteiger partial charge in [-0.2, -0.15) is 0 Å². The Morgan fingerprint density at radius 2 is 0.970 bits per heavy atom. The highest BCUT2D eigenvalue weighted by Gasteiger charge is 2.19. The molecule has 0 aliphatic rings. The Labute approximate surface area is 188 Å². The van der Waals surface area contributed by atoms with Gasteiger partial charge in [-0.1, -0.05) is 12.1 Å². The van der Waals surface area contributed by atoms with E-state index in [1.807, 2.05) is 49.3 Å². The molecule has 5 heterocycles. The largest absolute Gasteiger partial charge is 0.456 e. The van der Waals surface area contributed by atoms with Crippen LogP contribution in [0, 0.1) is 0 Å². The number of nitrogens with zero attached hydrogens (tertiary/aromatic N) is 4. The van der Waals surface area contributed by atoms with Crippen molar-refractivity contribution >= 4 is 43.5 Å². The Morgan fingerprint density at radius 3 is 1.42 bits per heavy atom. The summed E-state index contributed by atoms with van der Waals surface area (Å²) in [5.41, 5.74) is 5.84. The minimum absolute atomic E-state index is 0.837. The van der Waals surface area contributed by atoms with E-state index >= 15 is 0 Å². The Morgan fingerprint density at radius 1 is 0.485 bits per heavy atom. The lowest BCUT2D eigenvalue weighted by atomic mass is 9.94. The van der Waals surface area contributed by atoms with Gasteiger partial charge in [0.25, 0.3) is 0 Å². The predicted molar refractivity (Wildman–Crippen MR) is 131 cm³/mol. The van der Waals surface area contributed by atoms with Crippen LogP contribution in [0.25, 0.3) is 65.7 Å². The van der Waals surface area contributed by atoms with Crippen molar-refractivity contribution in [3.05, 3.63) is 98.1 Å². The lowest BCUT2D eigenvalue weighted by Crippen LogP contribution is -1.86. The van der Waals surface area contributed by atoms with E-state index in [4.69, 9.17) is 4.42 Å². The summed E-state index contributed by atoms with van der Waals surface area (Å²) in [7, 11) is 0. The van der Waals surface area contributed by atoms with Crippen molar-refractivity contribution in [2.24, 2.45) is 0 Å². The van der Waals surface area contributed by atoms with Crippen LogP contribution in [0.4, 0.5) is 0 Å². The van der Waals surface area contributed by atoms with Crippen molar-refractivity contribution in [2.75, 3.05) is 0 Å². The number of benzene rings is 2. The molecule has 0 saturated carbocycles. The summed E-state index contributed by atoms with van der Waals surface area (Å²) in [5, 5.41) is 6.52. The molecular weight excluding hydrogens is 408 g/mol. The third-order valence-corrected chi connectivity index (χ3v) is 6.22. The van der Waals surface area contributed by atoms with Crippen LogP contribution >= 0.6 is 0 Å². The van der Waals surface area contributed by atoms with Gasteiger partial charge in [-0.25, -0.2) is 0 Å². The van der Waals surface area contributed by atoms with Gasteiger partial charge in [-0.15, -0.1) is 0 Å². The molecule has 33 heavy (non-hydrogen) atoms. The molecule has 0 radical (unpaired) electrons. The van der Waals surface area contributed by atoms with Crippen LogP contribution in [0.1, 0.15) is 0 Å². The standard InChI is InChI=1S/C28H16N4O/c1-3-17(13-29-7-1)21-11-25-27(19-5-9-31-15-23(19)21)28-20-6-10-32-16-24(20)22(12-26(28)33-25)18-4-2-8-30-14-18/h1-16H. The zero-order valence-corrected chi connectivity index (χ0v) is 17.4. The molecule has 5 aromatic heterocycles. The summed E-state index contributed by atoms with van der Waals surface area (Å²) in [4.78, 5) is 17.5. The Bertz CT molecular complexity index is 1680. The van der Waals surface area contributed by atoms with E-state index < -0.39 is 0 Å². The summed E-state index contributed by atoms with van der Waals surface area (Å²) in [5.74, 6) is 0. The number of rotatable bonds is 2. The molecule has 2 aromatic carbocycles. The van der Waals surface area contributed by atoms with Gasteiger partial charge in [0.15, 0.2) is 0 Å². The van der Waals surface area contributed by atoms with Crippen molar-refractivity contribution in [1.29, 1.82) is 0 Å². The minimum Gasteiger partial charge on any atom is -0.456 e. The second-order valence-corrected chi connectivity index (χ2v) is 8.02. The third kappa shape index (κ3) is 2.66. The lowest BCUT2D eigenvalue weighted by Gasteiger charge is -2.09. The molecule has 0 amide bonds. The molecule has 0 atom stereocenters. The number of hydrogen-bond acceptors (Lipinski definition) is 5. The lowest BCUT2D eigenvalue weighted by molar-refractivity contribution is 0.670. The van der Waals surface area contributed by atoms with E-state index in [0.717, 1.165) is 65.7 Å². The molecule has 5 heteroatoms. The third-order valence-electron chi connectivity index (χ3n) is 6.22. The van der Waals surface area contributed by atoms with Crippen LogP contribution in [-0.2, 0) is 0 Å². The first-order valence-corrected chi connectivity index (χ1v) is 10.7. The van der Waals surface area contributed by atoms with Gasteiger partial charge >= 0.3 is 0 Å². The molecule has 0 unspecified atom stereocenters. The van der Waals surface area contributed by atoms with E-state index in [0.29, 0.717) is 0 Å². The molecule has 0 N–H and O–H groups in total. The van der Waals surface area contributed by atoms with Gasteiger partial charge in [0.05, 0.1) is 0 Å². The first-order chi connectivity index (χ1) is 16.4. The summed E-state index contributed by atoms with van der Waals surface area (Å²) < 4.78 is 6.51. The van der Waals surface area contributed by atoms with E-state index in [1.165, 1.54) is 0 Å². The van der Waals surface area contributed by atoms with Gasteiger partial charge < -0.3 is 4.42 Å². The number of pyridine rings is 4. The molecule has 0 aliphatic carbocycles. The summed E-state index contributed by atoms with van der Waals surface area (Å²) >= 11 is 0. The van der Waals surface area contributed by atoms with Gasteiger partial charge in [0, 0.05) is 82.2 Å². The maximum Gasteiger partial charge on any atom is 0.136 e. The maximum atomic E-state index is 6.51. The first kappa shape index (κ1) is 18.0. The fraction of sp³-hybridized carbons (Fsp3) is 0. The highest BCUT2D eigenvalue weighted by atomic mass is 16.3. The SMILES string of the molecule is c1cncc(-c2cc3oc4cc(-c5cccnc5)c5cnccc5c4c3c3ccncc23)c1. The van der Waals surface area contributed by atoms with Crippen molar-refractivity contribution in [2.45, 2.75) is 0 Å². The first-order valence-electron chi connectivity index (χ1n) is 10.7. The van der Waals surface area contributed by atoms with E-state index in [2.05, 4.69) is 56.3 Å². The Kier molecular flexibility index (Phi) is 3.78. The predicted octanol–water partition coefficient (Wildman–Crippen LogP) is 6.81. The average Bonchev–Trinajstić information content (AvgIpc) is 3.28. The van der Waals surface area contributed by atoms with Crippen LogP contribution in [0.3, 0.4) is 0 Å². The molecule has 154 valence electrons. The normalized spacial score (nSPS) is 11.6. The Balaban J connectivity index is 1.67. The summed E-state index contributed by atoms with van der Waals surface area (Å²) in [6, 6.07) is 16.3. The topological polar surface area (TPSA) is 64.7 Å². The second-order valence-electron chi connectivity index (χ2n) is 8.02. The number of aromatic nitrogens is 4. The van der Waals surface area contributed by atoms with Crippen molar-refractivity contribution in [3.63, 3.8) is 0 Å². The molecule has 0 spiro atoms. The van der Waals surface area contributed by atoms with Gasteiger partial charge in [0.2, 0.25) is 0 Å². The van der Waals surface area contributed by atoms with Gasteiger partial charge in [-0.3, -0.25) is 19.9 Å². The second kappa shape index (κ2) is 6.93. The number of furan rings is 1. The van der Waals surface area contributed by atoms with E-state index in [1.54, 1.807) is 12.4 Å². The maximum absolute atomic E-state index is 6.51. The van der Waals surface area contributed by atoms with E-state index in [-0.39, 0.29) is 0 Å². The number of fused-ring (bicyclic) bond motifs is 7. The molecule has 0 bridgehead atoms. The van der Waals surface area contributed by atoms with Crippen molar-refractivity contribution in [1.82, 2.24) is 19.9 Å².